The first-order valence-electron chi connectivity index (χ1n) is 21.7. The number of carbonyl (C=O) groups is 1. The number of carboxylic acids is 1. The van der Waals surface area contributed by atoms with E-state index in [1.54, 1.807) is 63.4 Å². The number of aliphatic carboxylic acids is 1. The summed E-state index contributed by atoms with van der Waals surface area (Å²) in [5.74, 6) is -1.29. The van der Waals surface area contributed by atoms with Gasteiger partial charge >= 0.3 is 12.1 Å². The highest BCUT2D eigenvalue weighted by atomic mass is 35.5. The molecule has 0 spiro atoms. The number of fused-ring (bicyclic) bond motifs is 1. The van der Waals surface area contributed by atoms with E-state index in [1.165, 1.54) is 24.7 Å². The van der Waals surface area contributed by atoms with Crippen molar-refractivity contribution < 1.29 is 51.1 Å². The van der Waals surface area contributed by atoms with Gasteiger partial charge in [-0.3, -0.25) is 4.90 Å². The predicted molar refractivity (Wildman–Crippen MR) is 260 cm³/mol. The number of nitrogens with zero attached hydrogens (tertiary/aromatic N) is 6. The Morgan fingerprint density at radius 1 is 0.971 bits per heavy atom. The molecule has 1 unspecified atom stereocenters. The molecule has 19 heteroatoms. The molecule has 1 aliphatic heterocycles. The minimum Gasteiger partial charge on any atom is -0.496 e. The van der Waals surface area contributed by atoms with Crippen LogP contribution in [-0.4, -0.2) is 121 Å². The quantitative estimate of drug-likeness (QED) is 0.0471. The molecule has 0 bridgehead atoms. The van der Waals surface area contributed by atoms with Crippen LogP contribution in [0.3, 0.4) is 0 Å². The number of ether oxygens (including phenoxy) is 5. The van der Waals surface area contributed by atoms with Crippen LogP contribution in [0.2, 0.25) is 5.02 Å². The first-order chi connectivity index (χ1) is 33.1. The van der Waals surface area contributed by atoms with Crippen molar-refractivity contribution in [2.24, 2.45) is 9.98 Å². The third-order valence-electron chi connectivity index (χ3n) is 11.1. The Hall–Kier alpha value is -6.60. The molecule has 362 valence electrons. The van der Waals surface area contributed by atoms with Gasteiger partial charge in [-0.25, -0.2) is 29.1 Å². The fourth-order valence-electron chi connectivity index (χ4n) is 7.57. The van der Waals surface area contributed by atoms with Gasteiger partial charge in [0.2, 0.25) is 12.0 Å². The SMILES string of the molecule is C=C/N=C(\N=C(/C)COc1ccccc1CC(Oc1ncnc2sc(-c3ccc(F)c(OCC(F)(F)F)c3)c(-c3ccc(OCCN4CCN(C)CC4)c(Cl)c3C)c12)C(=O)O)c1ccccc1OC. The molecule has 0 aliphatic carbocycles. The number of hydrogen-bond acceptors (Lipinski definition) is 12. The Bertz CT molecular complexity index is 2870. The number of benzene rings is 4. The number of piperazine rings is 1. The minimum atomic E-state index is -4.72. The number of carboxylic acid groups (broad SMARTS) is 1. The second-order valence-corrected chi connectivity index (χ2v) is 17.4. The number of halogens is 5. The van der Waals surface area contributed by atoms with Gasteiger partial charge in [-0.05, 0) is 79.5 Å². The highest BCUT2D eigenvalue weighted by Gasteiger charge is 2.31. The Labute approximate surface area is 405 Å². The van der Waals surface area contributed by atoms with Crippen molar-refractivity contribution in [1.29, 1.82) is 0 Å². The number of amidine groups is 1. The molecular weight excluding hydrogens is 940 g/mol. The van der Waals surface area contributed by atoms with Gasteiger partial charge in [0, 0.05) is 55.8 Å². The maximum Gasteiger partial charge on any atom is 0.422 e. The topological polar surface area (TPSA) is 140 Å². The number of aliphatic imine (C=N–C) groups is 2. The molecule has 4 aromatic carbocycles. The number of para-hydroxylation sites is 2. The fraction of sp³-hybridized carbons (Fsp3) is 0.300. The van der Waals surface area contributed by atoms with Gasteiger partial charge in [0.15, 0.2) is 24.0 Å². The van der Waals surface area contributed by atoms with Crippen molar-refractivity contribution in [2.45, 2.75) is 32.5 Å². The number of thiophene rings is 1. The highest BCUT2D eigenvalue weighted by Crippen LogP contribution is 2.50. The molecule has 0 radical (unpaired) electrons. The van der Waals surface area contributed by atoms with Gasteiger partial charge in [0.25, 0.3) is 0 Å². The maximum absolute atomic E-state index is 15.0. The first-order valence-corrected chi connectivity index (χ1v) is 22.9. The van der Waals surface area contributed by atoms with Crippen molar-refractivity contribution in [3.63, 3.8) is 0 Å². The molecule has 6 aromatic rings. The van der Waals surface area contributed by atoms with Crippen LogP contribution in [0.15, 0.2) is 108 Å². The molecule has 7 rings (SSSR count). The molecule has 0 amide bonds. The third kappa shape index (κ3) is 12.5. The normalized spacial score (nSPS) is 14.4. The summed E-state index contributed by atoms with van der Waals surface area (Å²) < 4.78 is 83.8. The van der Waals surface area contributed by atoms with E-state index in [0.29, 0.717) is 84.5 Å². The van der Waals surface area contributed by atoms with Crippen LogP contribution in [0.4, 0.5) is 17.6 Å². The summed E-state index contributed by atoms with van der Waals surface area (Å²) in [5.41, 5.74) is 3.49. The Kier molecular flexibility index (Phi) is 16.5. The third-order valence-corrected chi connectivity index (χ3v) is 12.7. The van der Waals surface area contributed by atoms with Crippen LogP contribution in [0.1, 0.15) is 23.6 Å². The van der Waals surface area contributed by atoms with E-state index in [-0.39, 0.29) is 29.9 Å². The Morgan fingerprint density at radius 3 is 2.43 bits per heavy atom. The number of hydrogen-bond donors (Lipinski definition) is 1. The van der Waals surface area contributed by atoms with Crippen LogP contribution >= 0.6 is 22.9 Å². The zero-order valence-corrected chi connectivity index (χ0v) is 39.8. The van der Waals surface area contributed by atoms with E-state index in [0.717, 1.165) is 43.6 Å². The Morgan fingerprint density at radius 2 is 1.71 bits per heavy atom. The van der Waals surface area contributed by atoms with Gasteiger partial charge < -0.3 is 33.7 Å². The van der Waals surface area contributed by atoms with Crippen LogP contribution < -0.4 is 23.7 Å². The zero-order chi connectivity index (χ0) is 49.2. The van der Waals surface area contributed by atoms with E-state index in [9.17, 15) is 27.5 Å². The number of alkyl halides is 3. The lowest BCUT2D eigenvalue weighted by Crippen LogP contribution is -2.45. The number of rotatable bonds is 19. The molecule has 0 saturated carbocycles. The second-order valence-electron chi connectivity index (χ2n) is 16.0. The van der Waals surface area contributed by atoms with Crippen LogP contribution in [0.5, 0.6) is 28.9 Å². The summed E-state index contributed by atoms with van der Waals surface area (Å²) >= 11 is 8.16. The van der Waals surface area contributed by atoms with Gasteiger partial charge in [0.05, 0.1) is 28.8 Å². The van der Waals surface area contributed by atoms with Gasteiger partial charge in [0.1, 0.15) is 41.6 Å². The average Bonchev–Trinajstić information content (AvgIpc) is 3.72. The summed E-state index contributed by atoms with van der Waals surface area (Å²) in [7, 11) is 3.63. The minimum absolute atomic E-state index is 0.0167. The summed E-state index contributed by atoms with van der Waals surface area (Å²) in [6.45, 7) is 10.4. The smallest absolute Gasteiger partial charge is 0.422 e. The van der Waals surface area contributed by atoms with Crippen molar-refractivity contribution in [2.75, 3.05) is 66.7 Å². The number of methoxy groups -OCH3 is 1. The van der Waals surface area contributed by atoms with Crippen molar-refractivity contribution in [3.8, 4) is 50.4 Å². The van der Waals surface area contributed by atoms with Crippen molar-refractivity contribution >= 4 is 50.7 Å². The molecule has 13 nitrogen and oxygen atoms in total. The summed E-state index contributed by atoms with van der Waals surface area (Å²) in [4.78, 5) is 36.4. The number of aromatic nitrogens is 2. The molecular formula is C50H49ClF4N6O7S. The van der Waals surface area contributed by atoms with Crippen LogP contribution in [-0.2, 0) is 11.2 Å². The molecule has 1 saturated heterocycles. The highest BCUT2D eigenvalue weighted by molar-refractivity contribution is 7.22. The largest absolute Gasteiger partial charge is 0.496 e. The molecule has 1 atom stereocenters. The second kappa shape index (κ2) is 22.7. The maximum atomic E-state index is 15.0. The van der Waals surface area contributed by atoms with Gasteiger partial charge in [-0.2, -0.15) is 13.2 Å². The van der Waals surface area contributed by atoms with E-state index in [2.05, 4.69) is 43.4 Å². The molecule has 1 N–H and O–H groups in total. The van der Waals surface area contributed by atoms with E-state index < -0.39 is 36.4 Å². The molecule has 69 heavy (non-hydrogen) atoms. The fourth-order valence-corrected chi connectivity index (χ4v) is 8.93. The molecule has 3 heterocycles. The van der Waals surface area contributed by atoms with E-state index in [4.69, 9.17) is 35.3 Å². The predicted octanol–water partition coefficient (Wildman–Crippen LogP) is 10.2. The van der Waals surface area contributed by atoms with Crippen LogP contribution in [0.25, 0.3) is 31.8 Å². The summed E-state index contributed by atoms with van der Waals surface area (Å²) in [6, 6.07) is 21.3. The van der Waals surface area contributed by atoms with Crippen molar-refractivity contribution in [3.05, 3.63) is 125 Å². The summed E-state index contributed by atoms with van der Waals surface area (Å²) in [5, 5.41) is 11.3. The lowest BCUT2D eigenvalue weighted by Gasteiger charge is -2.32. The van der Waals surface area contributed by atoms with E-state index in [1.807, 2.05) is 18.2 Å². The number of likely N-dealkylation sites (N-methyl/N-ethyl adjacent to an activating group) is 1. The standard InChI is InChI=1S/C50H49ClF4N6O7S/c1-6-56-46(35-12-8-10-14-38(35)64-5)59-30(2)27-66-37-13-9-7-11-32(37)25-41(49(62)63)68-47-43-42(34-16-18-39(44(51)31(34)3)65-24-23-61-21-19-60(4)20-22-61)45(69-48(43)58-29-57-47)33-15-17-36(52)40(26-33)67-28-50(53,54)55/h6-18,26,29,41H,1,19-25,27-28H2,2-5H3,(H,62,63)/b56-46-,59-30+. The lowest BCUT2D eigenvalue weighted by atomic mass is 9.95. The Balaban J connectivity index is 1.22. The monoisotopic (exact) mass is 988 g/mol. The van der Waals surface area contributed by atoms with Gasteiger partial charge in [-0.15, -0.1) is 11.3 Å². The molecule has 2 aromatic heterocycles. The molecule has 1 fully saturated rings. The zero-order valence-electron chi connectivity index (χ0n) is 38.2. The van der Waals surface area contributed by atoms with Gasteiger partial charge in [-0.1, -0.05) is 60.6 Å². The summed E-state index contributed by atoms with van der Waals surface area (Å²) in [6.07, 6.45) is -3.83. The van der Waals surface area contributed by atoms with Crippen LogP contribution in [0, 0.1) is 12.7 Å². The lowest BCUT2D eigenvalue weighted by molar-refractivity contribution is -0.153. The van der Waals surface area contributed by atoms with Crippen molar-refractivity contribution in [1.82, 2.24) is 19.8 Å². The average molecular weight is 989 g/mol. The van der Waals surface area contributed by atoms with E-state index >= 15 is 0 Å². The molecule has 1 aliphatic rings. The first kappa shape index (κ1) is 50.3.